The highest BCUT2D eigenvalue weighted by molar-refractivity contribution is 7.99. The molecule has 1 N–H and O–H groups in total. The summed E-state index contributed by atoms with van der Waals surface area (Å²) in [6.07, 6.45) is 8.04. The SMILES string of the molecule is O=c1ccnc2sc(NCC3(N4CCSCC4)CCCCC3)nn12. The van der Waals surface area contributed by atoms with Crippen LogP contribution in [0.15, 0.2) is 17.1 Å². The summed E-state index contributed by atoms with van der Waals surface area (Å²) in [6, 6.07) is 1.45. The van der Waals surface area contributed by atoms with Gasteiger partial charge in [-0.2, -0.15) is 16.3 Å². The third-order valence-electron chi connectivity index (χ3n) is 5.21. The van der Waals surface area contributed by atoms with Crippen molar-refractivity contribution in [1.82, 2.24) is 19.5 Å². The topological polar surface area (TPSA) is 62.5 Å². The van der Waals surface area contributed by atoms with E-state index in [9.17, 15) is 4.79 Å². The molecule has 0 bridgehead atoms. The first-order chi connectivity index (χ1) is 11.8. The third-order valence-corrected chi connectivity index (χ3v) is 7.03. The van der Waals surface area contributed by atoms with Crippen LogP contribution in [0.2, 0.25) is 0 Å². The summed E-state index contributed by atoms with van der Waals surface area (Å²) in [7, 11) is 0. The molecule has 0 unspecified atom stereocenters. The van der Waals surface area contributed by atoms with Gasteiger partial charge in [0.25, 0.3) is 5.56 Å². The summed E-state index contributed by atoms with van der Waals surface area (Å²) in [4.78, 5) is 19.4. The van der Waals surface area contributed by atoms with Crippen molar-refractivity contribution in [3.05, 3.63) is 22.6 Å². The van der Waals surface area contributed by atoms with Gasteiger partial charge in [-0.05, 0) is 12.8 Å². The minimum atomic E-state index is -0.121. The van der Waals surface area contributed by atoms with Gasteiger partial charge >= 0.3 is 0 Å². The molecule has 1 saturated carbocycles. The molecule has 0 radical (unpaired) electrons. The molecule has 0 spiro atoms. The summed E-state index contributed by atoms with van der Waals surface area (Å²) >= 11 is 3.51. The van der Waals surface area contributed by atoms with Crippen LogP contribution in [0.25, 0.3) is 4.96 Å². The average molecular weight is 366 g/mol. The van der Waals surface area contributed by atoms with Gasteiger partial charge in [0, 0.05) is 48.9 Å². The molecule has 0 atom stereocenters. The van der Waals surface area contributed by atoms with Crippen LogP contribution in [-0.2, 0) is 0 Å². The van der Waals surface area contributed by atoms with Crippen LogP contribution in [0.1, 0.15) is 32.1 Å². The molecule has 1 saturated heterocycles. The van der Waals surface area contributed by atoms with Crippen LogP contribution < -0.4 is 10.9 Å². The zero-order valence-corrected chi connectivity index (χ0v) is 15.4. The molecule has 24 heavy (non-hydrogen) atoms. The van der Waals surface area contributed by atoms with E-state index in [2.05, 4.69) is 32.1 Å². The molecular weight excluding hydrogens is 342 g/mol. The van der Waals surface area contributed by atoms with Gasteiger partial charge in [0.2, 0.25) is 10.1 Å². The number of nitrogens with zero attached hydrogens (tertiary/aromatic N) is 4. The predicted molar refractivity (Wildman–Crippen MR) is 100 cm³/mol. The monoisotopic (exact) mass is 365 g/mol. The summed E-state index contributed by atoms with van der Waals surface area (Å²) in [5.41, 5.74) is 0.125. The predicted octanol–water partition coefficient (Wildman–Crippen LogP) is 2.31. The Balaban J connectivity index is 1.53. The van der Waals surface area contributed by atoms with Crippen LogP contribution in [0, 0.1) is 0 Å². The number of nitrogens with one attached hydrogen (secondary N) is 1. The van der Waals surface area contributed by atoms with Crippen molar-refractivity contribution in [2.24, 2.45) is 0 Å². The summed E-state index contributed by atoms with van der Waals surface area (Å²) in [5.74, 6) is 2.48. The van der Waals surface area contributed by atoms with Crippen molar-refractivity contribution in [3.63, 3.8) is 0 Å². The van der Waals surface area contributed by atoms with Crippen molar-refractivity contribution in [3.8, 4) is 0 Å². The highest BCUT2D eigenvalue weighted by Crippen LogP contribution is 2.35. The van der Waals surface area contributed by atoms with E-state index in [-0.39, 0.29) is 11.1 Å². The Bertz CT molecular complexity index is 746. The zero-order chi connectivity index (χ0) is 16.4. The van der Waals surface area contributed by atoms with Crippen molar-refractivity contribution >= 4 is 33.2 Å². The Labute approximate surface area is 149 Å². The molecule has 2 aromatic heterocycles. The van der Waals surface area contributed by atoms with Gasteiger partial charge in [-0.3, -0.25) is 9.69 Å². The van der Waals surface area contributed by atoms with E-state index < -0.39 is 0 Å². The van der Waals surface area contributed by atoms with Crippen LogP contribution in [0.5, 0.6) is 0 Å². The van der Waals surface area contributed by atoms with Gasteiger partial charge in [-0.25, -0.2) is 4.98 Å². The van der Waals surface area contributed by atoms with E-state index >= 15 is 0 Å². The Kier molecular flexibility index (Phi) is 4.78. The van der Waals surface area contributed by atoms with Crippen LogP contribution in [0.3, 0.4) is 0 Å². The Hall–Kier alpha value is -1.12. The quantitative estimate of drug-likeness (QED) is 0.897. The van der Waals surface area contributed by atoms with Gasteiger partial charge in [0.15, 0.2) is 0 Å². The standard InChI is InChI=1S/C16H23N5OS2/c22-13-4-7-17-15-21(13)19-14(24-15)18-12-16(5-2-1-3-6-16)20-8-10-23-11-9-20/h4,7H,1-3,5-6,8-12H2,(H,18,19). The first-order valence-electron chi connectivity index (χ1n) is 8.68. The molecule has 3 heterocycles. The van der Waals surface area contributed by atoms with Gasteiger partial charge in [0.1, 0.15) is 0 Å². The number of anilines is 1. The molecule has 6 nitrogen and oxygen atoms in total. The van der Waals surface area contributed by atoms with Crippen LogP contribution in [0.4, 0.5) is 5.13 Å². The average Bonchev–Trinajstić information content (AvgIpc) is 3.06. The molecule has 2 aliphatic rings. The van der Waals surface area contributed by atoms with E-state index in [1.807, 2.05) is 0 Å². The lowest BCUT2D eigenvalue weighted by molar-refractivity contribution is 0.0706. The van der Waals surface area contributed by atoms with Crippen molar-refractivity contribution in [1.29, 1.82) is 0 Å². The third kappa shape index (κ3) is 3.19. The Morgan fingerprint density at radius 1 is 1.21 bits per heavy atom. The maximum atomic E-state index is 11.8. The van der Waals surface area contributed by atoms with E-state index in [0.717, 1.165) is 11.7 Å². The van der Waals surface area contributed by atoms with E-state index in [4.69, 9.17) is 0 Å². The number of hydrogen-bond acceptors (Lipinski definition) is 7. The molecular formula is C16H23N5OS2. The van der Waals surface area contributed by atoms with Crippen LogP contribution in [-0.4, -0.2) is 56.2 Å². The maximum absolute atomic E-state index is 11.8. The fourth-order valence-electron chi connectivity index (χ4n) is 3.91. The fourth-order valence-corrected chi connectivity index (χ4v) is 5.58. The number of fused-ring (bicyclic) bond motifs is 1. The zero-order valence-electron chi connectivity index (χ0n) is 13.7. The van der Waals surface area contributed by atoms with Crippen molar-refractivity contribution in [2.75, 3.05) is 36.5 Å². The fraction of sp³-hybridized carbons (Fsp3) is 0.688. The van der Waals surface area contributed by atoms with Crippen molar-refractivity contribution in [2.45, 2.75) is 37.6 Å². The second-order valence-electron chi connectivity index (χ2n) is 6.62. The molecule has 0 aromatic carbocycles. The Morgan fingerprint density at radius 2 is 2.00 bits per heavy atom. The highest BCUT2D eigenvalue weighted by atomic mass is 32.2. The molecule has 0 amide bonds. The summed E-state index contributed by atoms with van der Waals surface area (Å²) in [6.45, 7) is 3.28. The van der Waals surface area contributed by atoms with Gasteiger partial charge in [-0.15, -0.1) is 5.10 Å². The second kappa shape index (κ2) is 7.01. The van der Waals surface area contributed by atoms with Crippen LogP contribution >= 0.6 is 23.1 Å². The lowest BCUT2D eigenvalue weighted by atomic mass is 9.80. The second-order valence-corrected chi connectivity index (χ2v) is 8.80. The number of thioether (sulfide) groups is 1. The van der Waals surface area contributed by atoms with E-state index in [1.54, 1.807) is 6.20 Å². The minimum absolute atomic E-state index is 0.121. The van der Waals surface area contributed by atoms with Gasteiger partial charge in [-0.1, -0.05) is 30.6 Å². The first kappa shape index (κ1) is 16.4. The Morgan fingerprint density at radius 3 is 2.75 bits per heavy atom. The van der Waals surface area contributed by atoms with E-state index in [1.165, 1.54) is 78.6 Å². The largest absolute Gasteiger partial charge is 0.358 e. The number of rotatable bonds is 4. The van der Waals surface area contributed by atoms with Gasteiger partial charge < -0.3 is 5.32 Å². The minimum Gasteiger partial charge on any atom is -0.358 e. The highest BCUT2D eigenvalue weighted by Gasteiger charge is 2.38. The maximum Gasteiger partial charge on any atom is 0.275 e. The van der Waals surface area contributed by atoms with Crippen molar-refractivity contribution < 1.29 is 0 Å². The molecule has 2 aromatic rings. The normalized spacial score (nSPS) is 21.8. The molecule has 130 valence electrons. The van der Waals surface area contributed by atoms with E-state index in [0.29, 0.717) is 4.96 Å². The van der Waals surface area contributed by atoms with Gasteiger partial charge in [0.05, 0.1) is 0 Å². The summed E-state index contributed by atoms with van der Waals surface area (Å²) < 4.78 is 1.39. The number of hydrogen-bond donors (Lipinski definition) is 1. The lowest BCUT2D eigenvalue weighted by Gasteiger charge is -2.48. The first-order valence-corrected chi connectivity index (χ1v) is 10.7. The summed E-state index contributed by atoms with van der Waals surface area (Å²) in [5, 5.41) is 8.72. The molecule has 1 aliphatic carbocycles. The molecule has 4 rings (SSSR count). The number of aromatic nitrogens is 3. The lowest BCUT2D eigenvalue weighted by Crippen LogP contribution is -2.57. The molecule has 2 fully saturated rings. The molecule has 1 aliphatic heterocycles. The molecule has 8 heteroatoms. The smallest absolute Gasteiger partial charge is 0.275 e.